The molecule has 0 radical (unpaired) electrons. The van der Waals surface area contributed by atoms with Gasteiger partial charge in [-0.2, -0.15) is 0 Å². The van der Waals surface area contributed by atoms with Crippen LogP contribution in [0.2, 0.25) is 15.1 Å². The highest BCUT2D eigenvalue weighted by atomic mass is 35.5. The van der Waals surface area contributed by atoms with E-state index in [9.17, 15) is 18.0 Å². The number of nitrogens with zero attached hydrogens (tertiary/aromatic N) is 2. The van der Waals surface area contributed by atoms with Gasteiger partial charge in [0, 0.05) is 25.0 Å². The van der Waals surface area contributed by atoms with Crippen molar-refractivity contribution >= 4 is 62.3 Å². The molecular formula is C31H28Cl3N3O4S. The number of amides is 2. The molecule has 1 N–H and O–H groups in total. The molecule has 0 unspecified atom stereocenters. The molecule has 0 fully saturated rings. The molecule has 4 rings (SSSR count). The lowest BCUT2D eigenvalue weighted by atomic mass is 10.0. The molecule has 0 aliphatic heterocycles. The third-order valence-electron chi connectivity index (χ3n) is 6.57. The summed E-state index contributed by atoms with van der Waals surface area (Å²) in [6, 6.07) is 27.5. The van der Waals surface area contributed by atoms with Gasteiger partial charge in [-0.15, -0.1) is 0 Å². The lowest BCUT2D eigenvalue weighted by molar-refractivity contribution is -0.139. The Morgan fingerprint density at radius 1 is 0.810 bits per heavy atom. The number of carbonyl (C=O) groups excluding carboxylic acids is 2. The molecular weight excluding hydrogens is 617 g/mol. The normalized spacial score (nSPS) is 11.9. The summed E-state index contributed by atoms with van der Waals surface area (Å²) in [7, 11) is -2.80. The monoisotopic (exact) mass is 643 g/mol. The predicted octanol–water partition coefficient (Wildman–Crippen LogP) is 6.23. The first kappa shape index (κ1) is 31.4. The molecule has 218 valence electrons. The van der Waals surface area contributed by atoms with Gasteiger partial charge in [-0.05, 0) is 47.5 Å². The number of rotatable bonds is 11. The molecule has 2 amide bonds. The molecule has 0 aliphatic carbocycles. The first-order chi connectivity index (χ1) is 20.1. The van der Waals surface area contributed by atoms with Crippen molar-refractivity contribution in [2.75, 3.05) is 17.9 Å². The zero-order chi connectivity index (χ0) is 30.3. The average molecular weight is 645 g/mol. The number of nitrogens with one attached hydrogen (secondary N) is 1. The van der Waals surface area contributed by atoms with E-state index in [1.54, 1.807) is 48.5 Å². The third kappa shape index (κ3) is 7.44. The predicted molar refractivity (Wildman–Crippen MR) is 167 cm³/mol. The van der Waals surface area contributed by atoms with E-state index in [1.165, 1.54) is 36.2 Å². The first-order valence-electron chi connectivity index (χ1n) is 12.9. The van der Waals surface area contributed by atoms with Crippen molar-refractivity contribution in [3.8, 4) is 0 Å². The zero-order valence-electron chi connectivity index (χ0n) is 22.6. The summed E-state index contributed by atoms with van der Waals surface area (Å²) in [5.74, 6) is -1.04. The van der Waals surface area contributed by atoms with E-state index in [1.807, 2.05) is 30.3 Å². The number of sulfonamides is 1. The molecule has 0 bridgehead atoms. The van der Waals surface area contributed by atoms with Gasteiger partial charge in [0.05, 0.1) is 20.6 Å². The van der Waals surface area contributed by atoms with E-state index in [4.69, 9.17) is 34.8 Å². The fraction of sp³-hybridized carbons (Fsp3) is 0.161. The van der Waals surface area contributed by atoms with Gasteiger partial charge < -0.3 is 10.2 Å². The molecule has 4 aromatic carbocycles. The summed E-state index contributed by atoms with van der Waals surface area (Å²) < 4.78 is 28.9. The van der Waals surface area contributed by atoms with Gasteiger partial charge in [-0.3, -0.25) is 13.9 Å². The quantitative estimate of drug-likeness (QED) is 0.210. The third-order valence-corrected chi connectivity index (χ3v) is 9.39. The average Bonchev–Trinajstić information content (AvgIpc) is 2.99. The molecule has 1 atom stereocenters. The maximum Gasteiger partial charge on any atom is 0.264 e. The van der Waals surface area contributed by atoms with E-state index < -0.39 is 34.4 Å². The highest BCUT2D eigenvalue weighted by molar-refractivity contribution is 7.92. The molecule has 0 saturated carbocycles. The molecule has 0 saturated heterocycles. The standard InChI is InChI=1S/C31H28Cl3N3O4S/c1-35-31(39)28(19-22-10-4-2-5-11-22)36(20-23-12-8-13-24(32)18-23)29(38)21-37(27-17-9-16-26(33)30(27)34)42(40,41)25-14-6-3-7-15-25/h2-18,28H,19-21H2,1H3,(H,35,39)/t28-/m0/s1. The van der Waals surface area contributed by atoms with Crippen molar-refractivity contribution in [3.05, 3.63) is 129 Å². The van der Waals surface area contributed by atoms with Crippen LogP contribution in [0.4, 0.5) is 5.69 Å². The first-order valence-corrected chi connectivity index (χ1v) is 15.5. The van der Waals surface area contributed by atoms with Crippen LogP contribution in [-0.4, -0.2) is 44.8 Å². The summed E-state index contributed by atoms with van der Waals surface area (Å²) in [6.07, 6.45) is 0.191. The lowest BCUT2D eigenvalue weighted by Crippen LogP contribution is -2.53. The Balaban J connectivity index is 1.81. The molecule has 0 aromatic heterocycles. The van der Waals surface area contributed by atoms with Gasteiger partial charge >= 0.3 is 0 Å². The highest BCUT2D eigenvalue weighted by Crippen LogP contribution is 2.35. The van der Waals surface area contributed by atoms with Crippen LogP contribution in [0.5, 0.6) is 0 Å². The molecule has 7 nitrogen and oxygen atoms in total. The Labute approximate surface area is 260 Å². The van der Waals surface area contributed by atoms with E-state index in [-0.39, 0.29) is 33.6 Å². The number of hydrogen-bond acceptors (Lipinski definition) is 4. The second-order valence-corrected chi connectivity index (χ2v) is 12.5. The molecule has 0 spiro atoms. The van der Waals surface area contributed by atoms with Crippen molar-refractivity contribution in [3.63, 3.8) is 0 Å². The van der Waals surface area contributed by atoms with Gasteiger partial charge in [0.1, 0.15) is 12.6 Å². The van der Waals surface area contributed by atoms with E-state index in [2.05, 4.69) is 5.32 Å². The number of likely N-dealkylation sites (N-methyl/N-ethyl adjacent to an activating group) is 1. The molecule has 4 aromatic rings. The van der Waals surface area contributed by atoms with Crippen molar-refractivity contribution in [2.45, 2.75) is 23.9 Å². The van der Waals surface area contributed by atoms with Gasteiger partial charge in [0.15, 0.2) is 0 Å². The Morgan fingerprint density at radius 3 is 2.07 bits per heavy atom. The minimum atomic E-state index is -4.29. The van der Waals surface area contributed by atoms with Gasteiger partial charge in [-0.25, -0.2) is 8.42 Å². The topological polar surface area (TPSA) is 86.8 Å². The maximum atomic E-state index is 14.3. The smallest absolute Gasteiger partial charge is 0.264 e. The van der Waals surface area contributed by atoms with Crippen LogP contribution in [-0.2, 0) is 32.6 Å². The molecule has 42 heavy (non-hydrogen) atoms. The van der Waals surface area contributed by atoms with Crippen molar-refractivity contribution in [1.82, 2.24) is 10.2 Å². The number of carbonyl (C=O) groups is 2. The number of hydrogen-bond donors (Lipinski definition) is 1. The van der Waals surface area contributed by atoms with Crippen LogP contribution in [0.15, 0.2) is 108 Å². The number of benzene rings is 4. The Hall–Kier alpha value is -3.56. The van der Waals surface area contributed by atoms with Gasteiger partial charge in [-0.1, -0.05) is 102 Å². The van der Waals surface area contributed by atoms with Crippen LogP contribution in [0.25, 0.3) is 0 Å². The van der Waals surface area contributed by atoms with Crippen LogP contribution in [0, 0.1) is 0 Å². The van der Waals surface area contributed by atoms with E-state index in [0.29, 0.717) is 10.6 Å². The number of anilines is 1. The number of halogens is 3. The lowest BCUT2D eigenvalue weighted by Gasteiger charge is -2.33. The minimum Gasteiger partial charge on any atom is -0.357 e. The Morgan fingerprint density at radius 2 is 1.43 bits per heavy atom. The second kappa shape index (κ2) is 14.1. The van der Waals surface area contributed by atoms with Gasteiger partial charge in [0.2, 0.25) is 11.8 Å². The van der Waals surface area contributed by atoms with Crippen molar-refractivity contribution in [2.24, 2.45) is 0 Å². The zero-order valence-corrected chi connectivity index (χ0v) is 25.7. The van der Waals surface area contributed by atoms with Gasteiger partial charge in [0.25, 0.3) is 10.0 Å². The largest absolute Gasteiger partial charge is 0.357 e. The summed E-state index contributed by atoms with van der Waals surface area (Å²) in [4.78, 5) is 28.9. The molecule has 11 heteroatoms. The second-order valence-electron chi connectivity index (χ2n) is 9.37. The highest BCUT2D eigenvalue weighted by Gasteiger charge is 2.35. The van der Waals surface area contributed by atoms with Crippen molar-refractivity contribution < 1.29 is 18.0 Å². The van der Waals surface area contributed by atoms with Crippen molar-refractivity contribution in [1.29, 1.82) is 0 Å². The van der Waals surface area contributed by atoms with Crippen LogP contribution in [0.3, 0.4) is 0 Å². The molecule has 0 aliphatic rings. The van der Waals surface area contributed by atoms with Crippen LogP contribution in [0.1, 0.15) is 11.1 Å². The van der Waals surface area contributed by atoms with Crippen LogP contribution < -0.4 is 9.62 Å². The van der Waals surface area contributed by atoms with E-state index >= 15 is 0 Å². The summed E-state index contributed by atoms with van der Waals surface area (Å²) in [5, 5.41) is 3.20. The summed E-state index contributed by atoms with van der Waals surface area (Å²) >= 11 is 19.0. The summed E-state index contributed by atoms with van der Waals surface area (Å²) in [5.41, 5.74) is 1.52. The maximum absolute atomic E-state index is 14.3. The van der Waals surface area contributed by atoms with Crippen LogP contribution >= 0.6 is 34.8 Å². The Bertz CT molecular complexity index is 1650. The Kier molecular flexibility index (Phi) is 10.5. The fourth-order valence-electron chi connectivity index (χ4n) is 4.47. The fourth-order valence-corrected chi connectivity index (χ4v) is 6.58. The SMILES string of the molecule is CNC(=O)[C@H](Cc1ccccc1)N(Cc1cccc(Cl)c1)C(=O)CN(c1cccc(Cl)c1Cl)S(=O)(=O)c1ccccc1. The molecule has 0 heterocycles. The van der Waals surface area contributed by atoms with E-state index in [0.717, 1.165) is 9.87 Å². The summed E-state index contributed by atoms with van der Waals surface area (Å²) in [6.45, 7) is -0.660. The minimum absolute atomic E-state index is 0.00713.